The molecule has 0 saturated carbocycles. The third-order valence-electron chi connectivity index (χ3n) is 8.00. The second kappa shape index (κ2) is 16.9. The summed E-state index contributed by atoms with van der Waals surface area (Å²) in [6, 6.07) is 0.856. The highest BCUT2D eigenvalue weighted by atomic mass is 32.1. The summed E-state index contributed by atoms with van der Waals surface area (Å²) in [6.45, 7) is 22.3. The van der Waals surface area contributed by atoms with Gasteiger partial charge in [-0.05, 0) is 81.5 Å². The molecule has 5 atom stereocenters. The van der Waals surface area contributed by atoms with Crippen LogP contribution in [0.1, 0.15) is 118 Å². The summed E-state index contributed by atoms with van der Waals surface area (Å²) in [5, 5.41) is 23.4. The van der Waals surface area contributed by atoms with Gasteiger partial charge in [0.05, 0.1) is 16.8 Å². The van der Waals surface area contributed by atoms with Crippen LogP contribution in [0.2, 0.25) is 11.1 Å². The summed E-state index contributed by atoms with van der Waals surface area (Å²) >= 11 is 1.61. The fourth-order valence-electron chi connectivity index (χ4n) is 5.47. The van der Waals surface area contributed by atoms with Gasteiger partial charge in [0, 0.05) is 16.7 Å². The van der Waals surface area contributed by atoms with E-state index in [1.165, 1.54) is 5.57 Å². The van der Waals surface area contributed by atoms with Crippen molar-refractivity contribution in [2.45, 2.75) is 138 Å². The number of aliphatic hydroxyl groups excluding tert-OH is 1. The molecule has 1 aromatic rings. The second-order valence-corrected chi connectivity index (χ2v) is 18.7. The quantitative estimate of drug-likeness (QED) is 0.129. The number of hydrogen-bond donors (Lipinski definition) is 2. The summed E-state index contributed by atoms with van der Waals surface area (Å²) in [5.74, 6) is -0.608. The van der Waals surface area contributed by atoms with Crippen LogP contribution in [-0.4, -0.2) is 48.2 Å². The molecule has 41 heavy (non-hydrogen) atoms. The molecule has 0 fully saturated rings. The van der Waals surface area contributed by atoms with E-state index >= 15 is 0 Å². The van der Waals surface area contributed by atoms with Crippen molar-refractivity contribution in [1.29, 1.82) is 0 Å². The van der Waals surface area contributed by atoms with Gasteiger partial charge in [0.15, 0.2) is 9.04 Å². The molecule has 0 aromatic carbocycles. The van der Waals surface area contributed by atoms with Gasteiger partial charge in [0.1, 0.15) is 11.9 Å². The molecule has 0 radical (unpaired) electrons. The van der Waals surface area contributed by atoms with Gasteiger partial charge in [0.25, 0.3) is 0 Å². The number of ketones is 1. The zero-order valence-corrected chi connectivity index (χ0v) is 29.5. The van der Waals surface area contributed by atoms with Gasteiger partial charge in [-0.15, -0.1) is 11.3 Å². The standard InChI is InChI=1S/C33H57NO5SSi/c1-12-41(32(7,8)9)39-29(31(37)38)20-33(10,11)30(36)25(5)18-23(3)15-13-14-22(2)16-17-28(35)24(4)19-27-21-40-26(6)34-27/h16,19,21,23,25,28-29,35,41H,12-15,17-18,20H2,1-11H3,(H,37,38)/b22-16+,24-19+/t23-,25+,28+,29+,41?/m0/s1. The van der Waals surface area contributed by atoms with E-state index in [-0.39, 0.29) is 23.2 Å². The highest BCUT2D eigenvalue weighted by molar-refractivity contribution is 7.09. The van der Waals surface area contributed by atoms with Gasteiger partial charge in [-0.25, -0.2) is 9.78 Å². The van der Waals surface area contributed by atoms with E-state index in [1.54, 1.807) is 11.3 Å². The first kappa shape index (κ1) is 37.4. The molecule has 1 heterocycles. The van der Waals surface area contributed by atoms with Crippen molar-refractivity contribution in [2.24, 2.45) is 17.3 Å². The number of carboxylic acids is 1. The highest BCUT2D eigenvalue weighted by Gasteiger charge is 2.39. The fourth-order valence-corrected chi connectivity index (χ4v) is 8.48. The maximum absolute atomic E-state index is 13.4. The number of carboxylic acid groups (broad SMARTS) is 1. The number of aliphatic carboxylic acids is 1. The molecule has 234 valence electrons. The van der Waals surface area contributed by atoms with E-state index in [4.69, 9.17) is 4.43 Å². The second-order valence-electron chi connectivity index (χ2n) is 13.8. The van der Waals surface area contributed by atoms with Crippen LogP contribution >= 0.6 is 11.3 Å². The maximum atomic E-state index is 13.4. The van der Waals surface area contributed by atoms with Crippen molar-refractivity contribution in [3.8, 4) is 0 Å². The number of hydrogen-bond acceptors (Lipinski definition) is 6. The lowest BCUT2D eigenvalue weighted by molar-refractivity contribution is -0.148. The molecule has 1 unspecified atom stereocenters. The van der Waals surface area contributed by atoms with Crippen LogP contribution in [0.3, 0.4) is 0 Å². The minimum absolute atomic E-state index is 0.0379. The lowest BCUT2D eigenvalue weighted by Crippen LogP contribution is -2.42. The molecule has 6 nitrogen and oxygen atoms in total. The predicted octanol–water partition coefficient (Wildman–Crippen LogP) is 8.38. The van der Waals surface area contributed by atoms with Crippen molar-refractivity contribution in [3.63, 3.8) is 0 Å². The van der Waals surface area contributed by atoms with E-state index in [0.29, 0.717) is 12.3 Å². The Kier molecular flexibility index (Phi) is 15.4. The van der Waals surface area contributed by atoms with Gasteiger partial charge >= 0.3 is 5.97 Å². The van der Waals surface area contributed by atoms with Crippen LogP contribution in [0.4, 0.5) is 0 Å². The van der Waals surface area contributed by atoms with Crippen LogP contribution in [0.25, 0.3) is 6.08 Å². The number of aromatic nitrogens is 1. The Labute approximate surface area is 255 Å². The molecular weight excluding hydrogens is 551 g/mol. The third kappa shape index (κ3) is 13.5. The Morgan fingerprint density at radius 1 is 1.17 bits per heavy atom. The molecule has 0 aliphatic rings. The normalized spacial score (nSPS) is 17.2. The molecule has 0 bridgehead atoms. The van der Waals surface area contributed by atoms with Crippen molar-refractivity contribution in [1.82, 2.24) is 4.98 Å². The number of Topliss-reactive ketones (excluding diaryl/α,β-unsaturated/α-hetero) is 1. The summed E-state index contributed by atoms with van der Waals surface area (Å²) in [7, 11) is -1.75. The molecular formula is C33H57NO5SSi. The van der Waals surface area contributed by atoms with E-state index in [2.05, 4.69) is 52.6 Å². The lowest BCUT2D eigenvalue weighted by Gasteiger charge is -2.34. The Bertz CT molecular complexity index is 1040. The largest absolute Gasteiger partial charge is 0.479 e. The van der Waals surface area contributed by atoms with E-state index in [9.17, 15) is 19.8 Å². The van der Waals surface area contributed by atoms with Crippen molar-refractivity contribution >= 4 is 38.2 Å². The first-order valence-corrected chi connectivity index (χ1v) is 18.0. The molecule has 0 amide bonds. The molecule has 8 heteroatoms. The molecule has 0 aliphatic heterocycles. The molecule has 0 aliphatic carbocycles. The van der Waals surface area contributed by atoms with Crippen LogP contribution in [0.15, 0.2) is 22.6 Å². The van der Waals surface area contributed by atoms with E-state index < -0.39 is 32.6 Å². The van der Waals surface area contributed by atoms with Crippen molar-refractivity contribution in [2.75, 3.05) is 0 Å². The summed E-state index contributed by atoms with van der Waals surface area (Å²) in [6.07, 6.45) is 7.20. The first-order chi connectivity index (χ1) is 18.9. The summed E-state index contributed by atoms with van der Waals surface area (Å²) in [4.78, 5) is 29.9. The number of carbonyl (C=O) groups is 2. The van der Waals surface area contributed by atoms with E-state index in [1.807, 2.05) is 46.1 Å². The Morgan fingerprint density at radius 2 is 1.80 bits per heavy atom. The first-order valence-electron chi connectivity index (χ1n) is 15.2. The number of carbonyl (C=O) groups excluding carboxylic acids is 1. The summed E-state index contributed by atoms with van der Waals surface area (Å²) in [5.41, 5.74) is 2.31. The minimum Gasteiger partial charge on any atom is -0.479 e. The molecule has 0 spiro atoms. The van der Waals surface area contributed by atoms with Crippen LogP contribution < -0.4 is 0 Å². The minimum atomic E-state index is -1.75. The van der Waals surface area contributed by atoms with Crippen LogP contribution in [0.5, 0.6) is 0 Å². The average molecular weight is 608 g/mol. The Balaban J connectivity index is 2.58. The monoisotopic (exact) mass is 607 g/mol. The number of aryl methyl sites for hydroxylation is 1. The Morgan fingerprint density at radius 3 is 2.32 bits per heavy atom. The predicted molar refractivity (Wildman–Crippen MR) is 175 cm³/mol. The zero-order chi connectivity index (χ0) is 31.5. The third-order valence-corrected chi connectivity index (χ3v) is 12.1. The number of allylic oxidation sites excluding steroid dienone is 1. The SMILES string of the molecule is CC[SiH](O[C@H](CC(C)(C)C(=O)[C@H](C)C[C@@H](C)CCC/C(C)=C/C[C@@H](O)/C(C)=C/c1csc(C)n1)C(=O)O)C(C)(C)C. The van der Waals surface area contributed by atoms with Gasteiger partial charge < -0.3 is 14.6 Å². The van der Waals surface area contributed by atoms with Gasteiger partial charge in [-0.3, -0.25) is 4.79 Å². The van der Waals surface area contributed by atoms with Gasteiger partial charge in [0.2, 0.25) is 0 Å². The van der Waals surface area contributed by atoms with Crippen molar-refractivity contribution in [3.05, 3.63) is 33.3 Å². The Hall–Kier alpha value is -1.61. The fraction of sp³-hybridized carbons (Fsp3) is 0.727. The van der Waals surface area contributed by atoms with Crippen LogP contribution in [-0.2, 0) is 14.0 Å². The topological polar surface area (TPSA) is 96.7 Å². The lowest BCUT2D eigenvalue weighted by atomic mass is 9.75. The van der Waals surface area contributed by atoms with Gasteiger partial charge in [-0.1, -0.05) is 73.5 Å². The van der Waals surface area contributed by atoms with Crippen molar-refractivity contribution < 1.29 is 24.2 Å². The zero-order valence-electron chi connectivity index (χ0n) is 27.5. The number of rotatable bonds is 18. The molecule has 1 aromatic heterocycles. The highest BCUT2D eigenvalue weighted by Crippen LogP contribution is 2.35. The molecule has 0 saturated heterocycles. The van der Waals surface area contributed by atoms with Gasteiger partial charge in [-0.2, -0.15) is 0 Å². The summed E-state index contributed by atoms with van der Waals surface area (Å²) < 4.78 is 6.18. The van der Waals surface area contributed by atoms with E-state index in [0.717, 1.165) is 48.0 Å². The molecule has 2 N–H and O–H groups in total. The number of aliphatic hydroxyl groups is 1. The maximum Gasteiger partial charge on any atom is 0.331 e. The average Bonchev–Trinajstić information content (AvgIpc) is 3.27. The number of thiazole rings is 1. The molecule has 1 rings (SSSR count). The smallest absolute Gasteiger partial charge is 0.331 e. The number of nitrogens with zero attached hydrogens (tertiary/aromatic N) is 1. The van der Waals surface area contributed by atoms with Crippen LogP contribution in [0, 0.1) is 24.2 Å².